The highest BCUT2D eigenvalue weighted by Crippen LogP contribution is 2.37. The lowest BCUT2D eigenvalue weighted by atomic mass is 9.85. The Morgan fingerprint density at radius 1 is 0.846 bits per heavy atom. The van der Waals surface area contributed by atoms with E-state index in [1.54, 1.807) is 53.1 Å². The van der Waals surface area contributed by atoms with Crippen LogP contribution in [0.5, 0.6) is 5.75 Å². The molecule has 16 heteroatoms. The Kier molecular flexibility index (Phi) is 11.6. The molecule has 2 saturated heterocycles. The molecule has 3 fully saturated rings. The van der Waals surface area contributed by atoms with Crippen molar-refractivity contribution in [3.8, 4) is 17.5 Å². The van der Waals surface area contributed by atoms with Gasteiger partial charge in [0, 0.05) is 63.2 Å². The van der Waals surface area contributed by atoms with E-state index in [4.69, 9.17) is 4.74 Å². The summed E-state index contributed by atoms with van der Waals surface area (Å²) in [4.78, 5) is 70.2. The van der Waals surface area contributed by atoms with E-state index in [1.165, 1.54) is 10.6 Å². The standard InChI is InChI=1S/C49H48F3N7O6/c1-29(2)57(35-23-37(24-35)65-36-13-14-38-39(26-36)47(63)59(46(38)62)43-15-16-44(60)54-45(43)61)28-31-17-20-55(21-18-31)33-10-7-30(8-11-33)19-22-56-41-5-3-4-6-42(41)58(48(56)64)34-12-9-32(27-53)40(25-34)49(50,51)52/h3-14,25-26,29,31,35,37,43H,15-24,28H2,1-2H3,(H,54,60,61). The normalized spacial score (nSPS) is 20.4. The van der Waals surface area contributed by atoms with E-state index in [-0.39, 0.29) is 35.8 Å². The first kappa shape index (κ1) is 43.5. The van der Waals surface area contributed by atoms with Crippen molar-refractivity contribution in [2.45, 2.75) is 95.7 Å². The fourth-order valence-corrected chi connectivity index (χ4v) is 9.87. The minimum Gasteiger partial charge on any atom is -0.490 e. The van der Waals surface area contributed by atoms with Gasteiger partial charge in [0.05, 0.1) is 45.0 Å². The minimum absolute atomic E-state index is 0.0343. The van der Waals surface area contributed by atoms with Crippen LogP contribution in [0.1, 0.15) is 89.8 Å². The molecule has 4 heterocycles. The van der Waals surface area contributed by atoms with E-state index in [0.29, 0.717) is 47.8 Å². The molecule has 1 aromatic heterocycles. The molecule has 0 bridgehead atoms. The smallest absolute Gasteiger partial charge is 0.417 e. The third-order valence-electron chi connectivity index (χ3n) is 13.4. The van der Waals surface area contributed by atoms with Crippen molar-refractivity contribution >= 4 is 40.3 Å². The molecule has 1 unspecified atom stereocenters. The van der Waals surface area contributed by atoms with Gasteiger partial charge in [0.2, 0.25) is 11.8 Å². The van der Waals surface area contributed by atoms with Gasteiger partial charge in [0.25, 0.3) is 11.8 Å². The van der Waals surface area contributed by atoms with Crippen molar-refractivity contribution in [1.29, 1.82) is 5.26 Å². The van der Waals surface area contributed by atoms with Crippen molar-refractivity contribution < 1.29 is 37.1 Å². The molecule has 4 amide bonds. The summed E-state index contributed by atoms with van der Waals surface area (Å²) in [6, 6.07) is 24.8. The quantitative estimate of drug-likeness (QED) is 0.133. The number of hydrogen-bond acceptors (Lipinski definition) is 9. The lowest BCUT2D eigenvalue weighted by Gasteiger charge is -2.46. The molecule has 1 saturated carbocycles. The molecule has 0 spiro atoms. The summed E-state index contributed by atoms with van der Waals surface area (Å²) in [6.07, 6.45) is -0.315. The number of aromatic nitrogens is 2. The zero-order valence-corrected chi connectivity index (χ0v) is 36.0. The number of imide groups is 2. The predicted octanol–water partition coefficient (Wildman–Crippen LogP) is 6.86. The van der Waals surface area contributed by atoms with Crippen LogP contribution in [0.4, 0.5) is 18.9 Å². The molecule has 0 radical (unpaired) electrons. The number of piperidine rings is 2. The number of ether oxygens (including phenoxy) is 1. The van der Waals surface area contributed by atoms with E-state index in [9.17, 15) is 42.4 Å². The summed E-state index contributed by atoms with van der Waals surface area (Å²) in [5, 5.41) is 11.5. The molecule has 336 valence electrons. The van der Waals surface area contributed by atoms with E-state index >= 15 is 0 Å². The van der Waals surface area contributed by atoms with Crippen LogP contribution in [-0.2, 0) is 28.7 Å². The van der Waals surface area contributed by atoms with Gasteiger partial charge in [-0.1, -0.05) is 24.3 Å². The van der Waals surface area contributed by atoms with Gasteiger partial charge in [0.1, 0.15) is 17.9 Å². The first-order chi connectivity index (χ1) is 31.2. The van der Waals surface area contributed by atoms with Crippen LogP contribution in [0, 0.1) is 17.2 Å². The number of nitriles is 1. The fraction of sp³-hybridized carbons (Fsp3) is 0.388. The van der Waals surface area contributed by atoms with Crippen molar-refractivity contribution in [2.75, 3.05) is 24.5 Å². The van der Waals surface area contributed by atoms with Gasteiger partial charge in [-0.3, -0.25) is 43.4 Å². The highest BCUT2D eigenvalue weighted by molar-refractivity contribution is 6.23. The molecule has 5 aromatic rings. The van der Waals surface area contributed by atoms with E-state index < -0.39 is 52.7 Å². The molecule has 1 N–H and O–H groups in total. The summed E-state index contributed by atoms with van der Waals surface area (Å²) in [6.45, 7) is 7.60. The maximum atomic E-state index is 13.8. The number of fused-ring (bicyclic) bond motifs is 2. The Labute approximate surface area is 373 Å². The third-order valence-corrected chi connectivity index (χ3v) is 13.4. The first-order valence-electron chi connectivity index (χ1n) is 22.1. The van der Waals surface area contributed by atoms with Crippen LogP contribution in [0.2, 0.25) is 0 Å². The van der Waals surface area contributed by atoms with Gasteiger partial charge in [0.15, 0.2) is 0 Å². The monoisotopic (exact) mass is 887 g/mol. The Morgan fingerprint density at radius 3 is 2.22 bits per heavy atom. The van der Waals surface area contributed by atoms with E-state index in [1.807, 2.05) is 0 Å². The topological polar surface area (TPSA) is 150 Å². The molecular weight excluding hydrogens is 840 g/mol. The number of halogens is 3. The second-order valence-electron chi connectivity index (χ2n) is 17.8. The highest BCUT2D eigenvalue weighted by Gasteiger charge is 2.45. The number of alkyl halides is 3. The van der Waals surface area contributed by atoms with Crippen LogP contribution in [-0.4, -0.2) is 86.4 Å². The van der Waals surface area contributed by atoms with Crippen molar-refractivity contribution in [3.63, 3.8) is 0 Å². The molecule has 4 aromatic carbocycles. The van der Waals surface area contributed by atoms with Gasteiger partial charge >= 0.3 is 11.9 Å². The van der Waals surface area contributed by atoms with Gasteiger partial charge in [-0.15, -0.1) is 0 Å². The first-order valence-corrected chi connectivity index (χ1v) is 22.1. The number of nitrogens with one attached hydrogen (secondary N) is 1. The highest BCUT2D eigenvalue weighted by atomic mass is 19.4. The van der Waals surface area contributed by atoms with Crippen LogP contribution in [0.3, 0.4) is 0 Å². The predicted molar refractivity (Wildman–Crippen MR) is 235 cm³/mol. The number of amides is 4. The van der Waals surface area contributed by atoms with Crippen LogP contribution in [0.25, 0.3) is 16.7 Å². The number of carbonyl (C=O) groups excluding carboxylic acids is 4. The van der Waals surface area contributed by atoms with E-state index in [2.05, 4.69) is 53.2 Å². The number of benzene rings is 4. The number of nitrogens with zero attached hydrogens (tertiary/aromatic N) is 6. The molecular formula is C49H48F3N7O6. The Balaban J connectivity index is 0.769. The number of carbonyl (C=O) groups is 4. The number of anilines is 1. The van der Waals surface area contributed by atoms with Crippen LogP contribution < -0.4 is 20.6 Å². The Bertz CT molecular complexity index is 2800. The maximum absolute atomic E-state index is 13.8. The van der Waals surface area contributed by atoms with Gasteiger partial charge < -0.3 is 9.64 Å². The van der Waals surface area contributed by atoms with Gasteiger partial charge in [-0.05, 0) is 112 Å². The lowest BCUT2D eigenvalue weighted by molar-refractivity contribution is -0.138. The molecule has 65 heavy (non-hydrogen) atoms. The second kappa shape index (κ2) is 17.3. The molecule has 4 aliphatic rings. The number of para-hydroxylation sites is 2. The zero-order chi connectivity index (χ0) is 45.7. The Morgan fingerprint density at radius 2 is 1.54 bits per heavy atom. The lowest BCUT2D eigenvalue weighted by Crippen LogP contribution is -2.54. The average Bonchev–Trinajstić information content (AvgIpc) is 3.70. The third kappa shape index (κ3) is 8.41. The second-order valence-corrected chi connectivity index (χ2v) is 17.8. The largest absolute Gasteiger partial charge is 0.490 e. The van der Waals surface area contributed by atoms with Crippen molar-refractivity contribution in [2.24, 2.45) is 5.92 Å². The maximum Gasteiger partial charge on any atom is 0.417 e. The summed E-state index contributed by atoms with van der Waals surface area (Å²) < 4.78 is 50.6. The van der Waals surface area contributed by atoms with Crippen LogP contribution in [0.15, 0.2) is 89.7 Å². The Hall–Kier alpha value is -6.73. The van der Waals surface area contributed by atoms with Crippen molar-refractivity contribution in [3.05, 3.63) is 123 Å². The summed E-state index contributed by atoms with van der Waals surface area (Å²) in [7, 11) is 0. The van der Waals surface area contributed by atoms with Crippen LogP contribution >= 0.6 is 0 Å². The number of rotatable bonds is 12. The number of imidazole rings is 1. The van der Waals surface area contributed by atoms with E-state index in [0.717, 1.165) is 73.6 Å². The summed E-state index contributed by atoms with van der Waals surface area (Å²) >= 11 is 0. The molecule has 13 nitrogen and oxygen atoms in total. The minimum atomic E-state index is -4.75. The SMILES string of the molecule is CC(C)N(CC1CCN(c2ccc(CCn3c(=O)n(-c4ccc(C#N)c(C(F)(F)F)c4)c4ccccc43)cc2)CC1)C1CC(Oc2ccc3c(c2)C(=O)N(C2CCC(=O)NC2=O)C3=O)C1. The molecule has 3 aliphatic heterocycles. The fourth-order valence-electron chi connectivity index (χ4n) is 9.87. The average molecular weight is 888 g/mol. The molecule has 1 atom stereocenters. The summed E-state index contributed by atoms with van der Waals surface area (Å²) in [5.41, 5.74) is 1.66. The number of aryl methyl sites for hydroxylation is 2. The summed E-state index contributed by atoms with van der Waals surface area (Å²) in [5.74, 6) is -1.12. The van der Waals surface area contributed by atoms with Crippen molar-refractivity contribution in [1.82, 2.24) is 24.3 Å². The zero-order valence-electron chi connectivity index (χ0n) is 36.0. The molecule has 1 aliphatic carbocycles. The number of hydrogen-bond donors (Lipinski definition) is 1. The van der Waals surface area contributed by atoms with Gasteiger partial charge in [-0.2, -0.15) is 18.4 Å². The van der Waals surface area contributed by atoms with Gasteiger partial charge in [-0.25, -0.2) is 4.79 Å². The molecule has 9 rings (SSSR count).